The summed E-state index contributed by atoms with van der Waals surface area (Å²) in [5, 5.41) is 0.482. The van der Waals surface area contributed by atoms with Crippen LogP contribution in [0.4, 0.5) is 0 Å². The number of morpholine rings is 1. The molecule has 3 nitrogen and oxygen atoms in total. The Bertz CT molecular complexity index is 140. The van der Waals surface area contributed by atoms with Crippen LogP contribution in [0.2, 0.25) is 0 Å². The Labute approximate surface area is 66.1 Å². The van der Waals surface area contributed by atoms with Gasteiger partial charge in [0.2, 0.25) is 0 Å². The summed E-state index contributed by atoms with van der Waals surface area (Å²) in [7, 11) is 0. The van der Waals surface area contributed by atoms with Gasteiger partial charge in [-0.3, -0.25) is 0 Å². The summed E-state index contributed by atoms with van der Waals surface area (Å²) >= 11 is 4.84. The molecular weight excluding hydrogens is 148 g/mol. The summed E-state index contributed by atoms with van der Waals surface area (Å²) in [5.74, 6) is 0. The van der Waals surface area contributed by atoms with Crippen LogP contribution in [-0.4, -0.2) is 35.8 Å². The van der Waals surface area contributed by atoms with Gasteiger partial charge in [-0.05, 0) is 19.1 Å². The lowest BCUT2D eigenvalue weighted by molar-refractivity contribution is 0.0338. The maximum absolute atomic E-state index is 5.46. The minimum atomic E-state index is 0.339. The normalized spacial score (nSPS) is 26.5. The molecule has 0 aromatic heterocycles. The number of nitrogens with zero attached hydrogens (tertiary/aromatic N) is 1. The van der Waals surface area contributed by atoms with E-state index in [-0.39, 0.29) is 0 Å². The number of nitrogens with two attached hydrogens (primary N) is 1. The van der Waals surface area contributed by atoms with Crippen molar-refractivity contribution in [3.05, 3.63) is 0 Å². The molecule has 0 aromatic rings. The van der Waals surface area contributed by atoms with Crippen LogP contribution in [0.15, 0.2) is 0 Å². The summed E-state index contributed by atoms with van der Waals surface area (Å²) in [5.41, 5.74) is 5.46. The van der Waals surface area contributed by atoms with Crippen LogP contribution >= 0.6 is 12.2 Å². The Morgan fingerprint density at radius 3 is 2.90 bits per heavy atom. The molecule has 1 unspecified atom stereocenters. The van der Waals surface area contributed by atoms with Gasteiger partial charge in [-0.15, -0.1) is 0 Å². The van der Waals surface area contributed by atoms with Crippen molar-refractivity contribution in [1.29, 1.82) is 0 Å². The lowest BCUT2D eigenvalue weighted by Crippen LogP contribution is -2.49. The zero-order chi connectivity index (χ0) is 7.56. The van der Waals surface area contributed by atoms with E-state index in [1.165, 1.54) is 0 Å². The maximum atomic E-state index is 5.46. The molecule has 2 N–H and O–H groups in total. The van der Waals surface area contributed by atoms with Crippen molar-refractivity contribution in [1.82, 2.24) is 4.90 Å². The van der Waals surface area contributed by atoms with Crippen LogP contribution in [0.5, 0.6) is 0 Å². The highest BCUT2D eigenvalue weighted by molar-refractivity contribution is 7.80. The van der Waals surface area contributed by atoms with E-state index >= 15 is 0 Å². The number of hydrogen-bond acceptors (Lipinski definition) is 2. The number of rotatable bonds is 0. The topological polar surface area (TPSA) is 38.5 Å². The summed E-state index contributed by atoms with van der Waals surface area (Å²) in [4.78, 5) is 1.98. The van der Waals surface area contributed by atoms with Gasteiger partial charge in [-0.1, -0.05) is 0 Å². The van der Waals surface area contributed by atoms with Crippen molar-refractivity contribution >= 4 is 17.3 Å². The second-order valence-corrected chi connectivity index (χ2v) is 2.87. The van der Waals surface area contributed by atoms with Gasteiger partial charge in [0.1, 0.15) is 0 Å². The third kappa shape index (κ3) is 1.58. The van der Waals surface area contributed by atoms with Gasteiger partial charge >= 0.3 is 0 Å². The van der Waals surface area contributed by atoms with E-state index in [1.807, 2.05) is 4.90 Å². The first-order valence-corrected chi connectivity index (χ1v) is 3.76. The Balaban J connectivity index is 2.47. The molecule has 1 aliphatic heterocycles. The largest absolute Gasteiger partial charge is 0.377 e. The molecule has 1 heterocycles. The van der Waals surface area contributed by atoms with Gasteiger partial charge in [-0.25, -0.2) is 0 Å². The highest BCUT2D eigenvalue weighted by atomic mass is 32.1. The van der Waals surface area contributed by atoms with Gasteiger partial charge in [0, 0.05) is 6.54 Å². The smallest absolute Gasteiger partial charge is 0.166 e. The van der Waals surface area contributed by atoms with Crippen molar-refractivity contribution in [3.8, 4) is 0 Å². The zero-order valence-corrected chi connectivity index (χ0v) is 6.86. The van der Waals surface area contributed by atoms with E-state index in [1.54, 1.807) is 0 Å². The first-order valence-electron chi connectivity index (χ1n) is 3.35. The van der Waals surface area contributed by atoms with E-state index < -0.39 is 0 Å². The van der Waals surface area contributed by atoms with Crippen LogP contribution in [0.25, 0.3) is 0 Å². The van der Waals surface area contributed by atoms with E-state index in [0.29, 0.717) is 11.2 Å². The molecule has 0 radical (unpaired) electrons. The summed E-state index contributed by atoms with van der Waals surface area (Å²) in [6, 6.07) is 0.339. The van der Waals surface area contributed by atoms with Crippen molar-refractivity contribution in [3.63, 3.8) is 0 Å². The minimum Gasteiger partial charge on any atom is -0.377 e. The minimum absolute atomic E-state index is 0.339. The second-order valence-electron chi connectivity index (χ2n) is 2.46. The predicted octanol–water partition coefficient (Wildman–Crippen LogP) is -0.0493. The fourth-order valence-corrected chi connectivity index (χ4v) is 1.33. The summed E-state index contributed by atoms with van der Waals surface area (Å²) < 4.78 is 5.21. The third-order valence-corrected chi connectivity index (χ3v) is 1.89. The van der Waals surface area contributed by atoms with Crippen LogP contribution in [0.1, 0.15) is 6.92 Å². The molecule has 0 bridgehead atoms. The number of hydrogen-bond donors (Lipinski definition) is 1. The second kappa shape index (κ2) is 3.16. The first kappa shape index (κ1) is 7.75. The van der Waals surface area contributed by atoms with E-state index in [0.717, 1.165) is 19.8 Å². The van der Waals surface area contributed by atoms with Crippen LogP contribution < -0.4 is 5.73 Å². The van der Waals surface area contributed by atoms with Gasteiger partial charge in [-0.2, -0.15) is 0 Å². The van der Waals surface area contributed by atoms with Crippen molar-refractivity contribution in [2.45, 2.75) is 13.0 Å². The van der Waals surface area contributed by atoms with Crippen molar-refractivity contribution in [2.24, 2.45) is 5.73 Å². The molecule has 1 atom stereocenters. The highest BCUT2D eigenvalue weighted by Gasteiger charge is 2.18. The van der Waals surface area contributed by atoms with Crippen LogP contribution in [-0.2, 0) is 4.74 Å². The van der Waals surface area contributed by atoms with Crippen LogP contribution in [0.3, 0.4) is 0 Å². The fraction of sp³-hybridized carbons (Fsp3) is 0.833. The number of thiocarbonyl (C=S) groups is 1. The molecule has 1 rings (SSSR count). The molecule has 0 amide bonds. The Kier molecular flexibility index (Phi) is 2.45. The quantitative estimate of drug-likeness (QED) is 0.504. The molecule has 0 spiro atoms. The Morgan fingerprint density at radius 1 is 1.80 bits per heavy atom. The van der Waals surface area contributed by atoms with Gasteiger partial charge < -0.3 is 15.4 Å². The monoisotopic (exact) mass is 160 g/mol. The lowest BCUT2D eigenvalue weighted by atomic mass is 10.3. The zero-order valence-electron chi connectivity index (χ0n) is 6.04. The molecule has 1 saturated heterocycles. The van der Waals surface area contributed by atoms with E-state index in [9.17, 15) is 0 Å². The molecule has 0 aromatic carbocycles. The molecule has 10 heavy (non-hydrogen) atoms. The maximum Gasteiger partial charge on any atom is 0.166 e. The SMILES string of the molecule is CC1COCCN1C(N)=S. The number of ether oxygens (including phenoxy) is 1. The summed E-state index contributed by atoms with van der Waals surface area (Å²) in [6.45, 7) is 4.35. The standard InChI is InChI=1S/C6H12N2OS/c1-5-4-9-3-2-8(5)6(7)10/h5H,2-4H2,1H3,(H2,7,10). The first-order chi connectivity index (χ1) is 4.72. The Hall–Kier alpha value is -0.350. The van der Waals surface area contributed by atoms with Crippen molar-refractivity contribution < 1.29 is 4.74 Å². The summed E-state index contributed by atoms with van der Waals surface area (Å²) in [6.07, 6.45) is 0. The third-order valence-electron chi connectivity index (χ3n) is 1.65. The van der Waals surface area contributed by atoms with Crippen LogP contribution in [0, 0.1) is 0 Å². The molecular formula is C6H12N2OS. The Morgan fingerprint density at radius 2 is 2.50 bits per heavy atom. The van der Waals surface area contributed by atoms with Gasteiger partial charge in [0.05, 0.1) is 19.3 Å². The average molecular weight is 160 g/mol. The van der Waals surface area contributed by atoms with Crippen molar-refractivity contribution in [2.75, 3.05) is 19.8 Å². The fourth-order valence-electron chi connectivity index (χ4n) is 1.05. The van der Waals surface area contributed by atoms with E-state index in [2.05, 4.69) is 6.92 Å². The van der Waals surface area contributed by atoms with Gasteiger partial charge in [0.15, 0.2) is 5.11 Å². The molecule has 1 aliphatic rings. The average Bonchev–Trinajstić information content (AvgIpc) is 1.88. The molecule has 0 aliphatic carbocycles. The van der Waals surface area contributed by atoms with Gasteiger partial charge in [0.25, 0.3) is 0 Å². The highest BCUT2D eigenvalue weighted by Crippen LogP contribution is 2.04. The predicted molar refractivity (Wildman–Crippen MR) is 43.8 cm³/mol. The van der Waals surface area contributed by atoms with E-state index in [4.69, 9.17) is 22.7 Å². The molecule has 1 fully saturated rings. The molecule has 0 saturated carbocycles. The molecule has 58 valence electrons. The lowest BCUT2D eigenvalue weighted by Gasteiger charge is -2.33. The molecule has 4 heteroatoms.